The maximum atomic E-state index is 13.0. The van der Waals surface area contributed by atoms with Gasteiger partial charge in [-0.3, -0.25) is 9.69 Å². The van der Waals surface area contributed by atoms with Gasteiger partial charge >= 0.3 is 0 Å². The second kappa shape index (κ2) is 6.80. The van der Waals surface area contributed by atoms with Crippen molar-refractivity contribution in [2.24, 2.45) is 0 Å². The lowest BCUT2D eigenvalue weighted by molar-refractivity contribution is -0.121. The maximum absolute atomic E-state index is 13.0. The van der Waals surface area contributed by atoms with Gasteiger partial charge < -0.3 is 5.32 Å². The van der Waals surface area contributed by atoms with Gasteiger partial charge in [-0.25, -0.2) is 12.8 Å². The molecule has 132 valence electrons. The molecule has 0 radical (unpaired) electrons. The molecule has 1 aromatic rings. The third-order valence-corrected chi connectivity index (χ3v) is 7.23. The molecule has 3 atom stereocenters. The Labute approximate surface area is 142 Å². The number of sulfone groups is 1. The molecule has 0 spiro atoms. The van der Waals surface area contributed by atoms with Crippen molar-refractivity contribution in [3.05, 3.63) is 30.1 Å². The largest absolute Gasteiger partial charge is 0.351 e. The van der Waals surface area contributed by atoms with E-state index in [1.807, 2.05) is 0 Å². The molecule has 0 aliphatic carbocycles. The number of hydrogen-bond donors (Lipinski definition) is 1. The molecule has 0 aromatic heterocycles. The lowest BCUT2D eigenvalue weighted by atomic mass is 9.99. The number of nitrogens with one attached hydrogen (secondary N) is 1. The summed E-state index contributed by atoms with van der Waals surface area (Å²) in [4.78, 5) is 14.8. The summed E-state index contributed by atoms with van der Waals surface area (Å²) in [5, 5.41) is 1.74. The van der Waals surface area contributed by atoms with Gasteiger partial charge in [-0.05, 0) is 57.0 Å². The van der Waals surface area contributed by atoms with Gasteiger partial charge in [-0.1, -0.05) is 6.42 Å². The Morgan fingerprint density at radius 3 is 2.62 bits per heavy atom. The first-order valence-corrected chi connectivity index (χ1v) is 9.98. The summed E-state index contributed by atoms with van der Waals surface area (Å²) in [5.41, 5.74) is 0. The van der Waals surface area contributed by atoms with E-state index in [1.165, 1.54) is 25.5 Å². The van der Waals surface area contributed by atoms with Crippen LogP contribution in [0.3, 0.4) is 0 Å². The van der Waals surface area contributed by atoms with Crippen LogP contribution in [0.2, 0.25) is 0 Å². The average Bonchev–Trinajstić information content (AvgIpc) is 2.97. The molecule has 1 N–H and O–H groups in total. The first-order valence-electron chi connectivity index (χ1n) is 8.43. The van der Waals surface area contributed by atoms with Crippen LogP contribution in [0, 0.1) is 5.82 Å². The highest BCUT2D eigenvalue weighted by atomic mass is 32.2. The van der Waals surface area contributed by atoms with E-state index in [2.05, 4.69) is 10.2 Å². The summed E-state index contributed by atoms with van der Waals surface area (Å²) in [5.74, 6) is -0.980. The third-order valence-electron chi connectivity index (χ3n) is 5.16. The molecule has 0 saturated carbocycles. The molecule has 2 aliphatic rings. The first-order chi connectivity index (χ1) is 11.4. The number of nitrogens with zero attached hydrogens (tertiary/aromatic N) is 1. The summed E-state index contributed by atoms with van der Waals surface area (Å²) in [6.45, 7) is 3.40. The van der Waals surface area contributed by atoms with Crippen molar-refractivity contribution in [2.75, 3.05) is 13.1 Å². The van der Waals surface area contributed by atoms with Crippen LogP contribution in [0.25, 0.3) is 0 Å². The number of fused-ring (bicyclic) bond motifs is 1. The summed E-state index contributed by atoms with van der Waals surface area (Å²) < 4.78 is 38.1. The number of benzene rings is 1. The van der Waals surface area contributed by atoms with Crippen LogP contribution in [0.15, 0.2) is 29.2 Å². The van der Waals surface area contributed by atoms with Crippen LogP contribution in [0.1, 0.15) is 32.6 Å². The average molecular weight is 354 g/mol. The predicted octanol–water partition coefficient (Wildman–Crippen LogP) is 1.73. The molecule has 24 heavy (non-hydrogen) atoms. The molecule has 2 fully saturated rings. The summed E-state index contributed by atoms with van der Waals surface area (Å²) in [7, 11) is -3.82. The fourth-order valence-electron chi connectivity index (χ4n) is 3.69. The Morgan fingerprint density at radius 2 is 1.92 bits per heavy atom. The Bertz CT molecular complexity index is 705. The predicted molar refractivity (Wildman–Crippen MR) is 88.8 cm³/mol. The Balaban J connectivity index is 1.69. The van der Waals surface area contributed by atoms with Crippen LogP contribution in [0.5, 0.6) is 0 Å². The molecule has 5 nitrogen and oxygen atoms in total. The van der Waals surface area contributed by atoms with E-state index in [9.17, 15) is 17.6 Å². The molecule has 2 saturated heterocycles. The van der Waals surface area contributed by atoms with Gasteiger partial charge in [0.2, 0.25) is 5.91 Å². The minimum atomic E-state index is -3.82. The van der Waals surface area contributed by atoms with Gasteiger partial charge in [-0.2, -0.15) is 0 Å². The lowest BCUT2D eigenvalue weighted by Gasteiger charge is -2.32. The molecule has 2 aliphatic heterocycles. The lowest BCUT2D eigenvalue weighted by Crippen LogP contribution is -2.50. The first kappa shape index (κ1) is 17.4. The normalized spacial score (nSPS) is 25.9. The highest BCUT2D eigenvalue weighted by Crippen LogP contribution is 2.27. The van der Waals surface area contributed by atoms with E-state index in [-0.39, 0.29) is 10.9 Å². The Morgan fingerprint density at radius 1 is 1.21 bits per heavy atom. The van der Waals surface area contributed by atoms with Gasteiger partial charge in [0.1, 0.15) is 11.1 Å². The molecule has 7 heteroatoms. The number of piperidine rings is 1. The minimum Gasteiger partial charge on any atom is -0.351 e. The highest BCUT2D eigenvalue weighted by molar-refractivity contribution is 7.92. The van der Waals surface area contributed by atoms with E-state index < -0.39 is 26.8 Å². The summed E-state index contributed by atoms with van der Waals surface area (Å²) in [6.07, 6.45) is 4.24. The third kappa shape index (κ3) is 3.32. The van der Waals surface area contributed by atoms with Gasteiger partial charge in [0.05, 0.1) is 4.90 Å². The standard InChI is InChI=1S/C17H23FN2O3S/c1-12(24(22,23)14-7-5-13(18)6-8-14)17(21)19-15-9-11-20-10-3-2-4-16(15)20/h5-8,12,15-16H,2-4,9-11H2,1H3,(H,19,21)/t12-,15-,16-/m1/s1. The van der Waals surface area contributed by atoms with E-state index >= 15 is 0 Å². The zero-order valence-corrected chi connectivity index (χ0v) is 14.6. The van der Waals surface area contributed by atoms with Gasteiger partial charge in [0.25, 0.3) is 0 Å². The van der Waals surface area contributed by atoms with Crippen LogP contribution in [-0.2, 0) is 14.6 Å². The monoisotopic (exact) mass is 354 g/mol. The van der Waals surface area contributed by atoms with Crippen molar-refractivity contribution in [2.45, 2.75) is 54.8 Å². The topological polar surface area (TPSA) is 66.5 Å². The second-order valence-electron chi connectivity index (χ2n) is 6.64. The quantitative estimate of drug-likeness (QED) is 0.837. The van der Waals surface area contributed by atoms with Crippen LogP contribution in [-0.4, -0.2) is 49.6 Å². The molecular formula is C17H23FN2O3S. The van der Waals surface area contributed by atoms with Gasteiger partial charge in [-0.15, -0.1) is 0 Å². The zero-order chi connectivity index (χ0) is 17.3. The molecule has 2 heterocycles. The second-order valence-corrected chi connectivity index (χ2v) is 8.91. The molecule has 3 rings (SSSR count). The van der Waals surface area contributed by atoms with E-state index in [1.54, 1.807) is 0 Å². The van der Waals surface area contributed by atoms with Crippen LogP contribution < -0.4 is 5.32 Å². The number of carbonyl (C=O) groups excluding carboxylic acids is 1. The maximum Gasteiger partial charge on any atom is 0.238 e. The molecule has 1 amide bonds. The number of halogens is 1. The van der Waals surface area contributed by atoms with Crippen LogP contribution >= 0.6 is 0 Å². The Kier molecular flexibility index (Phi) is 4.92. The Hall–Kier alpha value is -1.47. The number of rotatable bonds is 4. The van der Waals surface area contributed by atoms with Crippen molar-refractivity contribution in [1.82, 2.24) is 10.2 Å². The fraction of sp³-hybridized carbons (Fsp3) is 0.588. The molecular weight excluding hydrogens is 331 g/mol. The fourth-order valence-corrected chi connectivity index (χ4v) is 4.96. The van der Waals surface area contributed by atoms with E-state index in [0.717, 1.165) is 44.5 Å². The number of carbonyl (C=O) groups is 1. The van der Waals surface area contributed by atoms with E-state index in [4.69, 9.17) is 0 Å². The van der Waals surface area contributed by atoms with E-state index in [0.29, 0.717) is 6.04 Å². The SMILES string of the molecule is C[C@H](C(=O)N[C@@H]1CCN2CCCC[C@H]12)S(=O)(=O)c1ccc(F)cc1. The molecule has 0 bridgehead atoms. The molecule has 1 aromatic carbocycles. The van der Waals surface area contributed by atoms with Crippen molar-refractivity contribution in [1.29, 1.82) is 0 Å². The van der Waals surface area contributed by atoms with Crippen molar-refractivity contribution < 1.29 is 17.6 Å². The highest BCUT2D eigenvalue weighted by Gasteiger charge is 2.38. The van der Waals surface area contributed by atoms with Gasteiger partial charge in [0.15, 0.2) is 9.84 Å². The van der Waals surface area contributed by atoms with Gasteiger partial charge in [0, 0.05) is 18.6 Å². The minimum absolute atomic E-state index is 0.0173. The number of hydrogen-bond acceptors (Lipinski definition) is 4. The molecule has 0 unspecified atom stereocenters. The summed E-state index contributed by atoms with van der Waals surface area (Å²) in [6, 6.07) is 4.93. The summed E-state index contributed by atoms with van der Waals surface area (Å²) >= 11 is 0. The van der Waals surface area contributed by atoms with Crippen molar-refractivity contribution in [3.8, 4) is 0 Å². The zero-order valence-electron chi connectivity index (χ0n) is 13.7. The number of amides is 1. The van der Waals surface area contributed by atoms with Crippen LogP contribution in [0.4, 0.5) is 4.39 Å². The van der Waals surface area contributed by atoms with Crippen molar-refractivity contribution in [3.63, 3.8) is 0 Å². The smallest absolute Gasteiger partial charge is 0.238 e. The van der Waals surface area contributed by atoms with Crippen molar-refractivity contribution >= 4 is 15.7 Å².